The Kier molecular flexibility index (Phi) is 17.1. The molecule has 0 bridgehead atoms. The molecule has 0 aromatic heterocycles. The van der Waals surface area contributed by atoms with Gasteiger partial charge >= 0.3 is 0 Å². The average Bonchev–Trinajstić information content (AvgIpc) is 2.54. The fourth-order valence-corrected chi connectivity index (χ4v) is 2.72. The van der Waals surface area contributed by atoms with Gasteiger partial charge in [0.25, 0.3) is 0 Å². The molecule has 23 heavy (non-hydrogen) atoms. The number of hydrogen-bond acceptors (Lipinski definition) is 3. The molecule has 0 rings (SSSR count). The Morgan fingerprint density at radius 3 is 1.30 bits per heavy atom. The zero-order valence-corrected chi connectivity index (χ0v) is 15.6. The minimum atomic E-state index is 0.243. The van der Waals surface area contributed by atoms with Crippen LogP contribution >= 0.6 is 0 Å². The summed E-state index contributed by atoms with van der Waals surface area (Å²) < 4.78 is 0. The summed E-state index contributed by atoms with van der Waals surface area (Å²) in [6.45, 7) is 5.14. The van der Waals surface area contributed by atoms with Gasteiger partial charge in [0.15, 0.2) is 0 Å². The Hall–Kier alpha value is -0.700. The smallest absolute Gasteiger partial charge is 0.146 e. The van der Waals surface area contributed by atoms with Crippen molar-refractivity contribution in [2.24, 2.45) is 0 Å². The van der Waals surface area contributed by atoms with Gasteiger partial charge in [0, 0.05) is 12.8 Å². The van der Waals surface area contributed by atoms with Crippen LogP contribution < -0.4 is 5.32 Å². The van der Waals surface area contributed by atoms with Crippen LogP contribution in [0.5, 0.6) is 0 Å². The van der Waals surface area contributed by atoms with E-state index in [0.717, 1.165) is 25.7 Å². The summed E-state index contributed by atoms with van der Waals surface area (Å²) in [6.07, 6.45) is 15.8. The van der Waals surface area contributed by atoms with Gasteiger partial charge in [0.05, 0.1) is 13.1 Å². The van der Waals surface area contributed by atoms with Crippen molar-refractivity contribution in [1.29, 1.82) is 0 Å². The van der Waals surface area contributed by atoms with Gasteiger partial charge in [0.2, 0.25) is 0 Å². The molecule has 0 saturated carbocycles. The number of unbranched alkanes of at least 4 members (excludes halogenated alkanes) is 10. The first-order chi connectivity index (χ1) is 11.2. The summed E-state index contributed by atoms with van der Waals surface area (Å²) in [5, 5.41) is 3.01. The number of nitrogens with one attached hydrogen (secondary N) is 1. The minimum absolute atomic E-state index is 0.243. The quantitative estimate of drug-likeness (QED) is 0.352. The normalized spacial score (nSPS) is 10.9. The first kappa shape index (κ1) is 22.3. The third kappa shape index (κ3) is 17.5. The van der Waals surface area contributed by atoms with Crippen molar-refractivity contribution in [2.75, 3.05) is 13.1 Å². The van der Waals surface area contributed by atoms with Crippen molar-refractivity contribution in [2.45, 2.75) is 104 Å². The molecule has 0 aliphatic carbocycles. The predicted octanol–water partition coefficient (Wildman–Crippen LogP) is 5.22. The van der Waals surface area contributed by atoms with Gasteiger partial charge in [0.1, 0.15) is 11.6 Å². The zero-order valence-electron chi connectivity index (χ0n) is 15.6. The lowest BCUT2D eigenvalue weighted by Crippen LogP contribution is -2.28. The third-order valence-electron chi connectivity index (χ3n) is 4.26. The molecule has 0 amide bonds. The Balaban J connectivity index is 3.33. The van der Waals surface area contributed by atoms with Crippen molar-refractivity contribution in [3.8, 4) is 0 Å². The molecule has 0 aromatic rings. The molecule has 0 atom stereocenters. The predicted molar refractivity (Wildman–Crippen MR) is 98.9 cm³/mol. The highest BCUT2D eigenvalue weighted by molar-refractivity contribution is 5.83. The lowest BCUT2D eigenvalue weighted by atomic mass is 10.1. The van der Waals surface area contributed by atoms with Crippen LogP contribution in [0.2, 0.25) is 0 Å². The summed E-state index contributed by atoms with van der Waals surface area (Å²) in [5.41, 5.74) is 0. The van der Waals surface area contributed by atoms with Crippen molar-refractivity contribution >= 4 is 11.6 Å². The van der Waals surface area contributed by atoms with E-state index in [1.54, 1.807) is 0 Å². The van der Waals surface area contributed by atoms with E-state index in [1.807, 2.05) is 0 Å². The molecule has 0 fully saturated rings. The summed E-state index contributed by atoms with van der Waals surface area (Å²) in [7, 11) is 0. The van der Waals surface area contributed by atoms with Gasteiger partial charge in [-0.3, -0.25) is 9.59 Å². The highest BCUT2D eigenvalue weighted by Crippen LogP contribution is 2.08. The van der Waals surface area contributed by atoms with Gasteiger partial charge < -0.3 is 5.32 Å². The van der Waals surface area contributed by atoms with Crippen LogP contribution in [-0.2, 0) is 9.59 Å². The molecule has 3 nitrogen and oxygen atoms in total. The lowest BCUT2D eigenvalue weighted by molar-refractivity contribution is -0.119. The molecule has 0 radical (unpaired) electrons. The van der Waals surface area contributed by atoms with E-state index in [4.69, 9.17) is 0 Å². The second-order valence-corrected chi connectivity index (χ2v) is 6.72. The Morgan fingerprint density at radius 1 is 0.565 bits per heavy atom. The summed E-state index contributed by atoms with van der Waals surface area (Å²) in [5.74, 6) is 0.487. The number of ketones is 2. The minimum Gasteiger partial charge on any atom is -0.303 e. The molecule has 0 aliphatic rings. The second kappa shape index (κ2) is 17.7. The largest absolute Gasteiger partial charge is 0.303 e. The van der Waals surface area contributed by atoms with Crippen molar-refractivity contribution in [3.63, 3.8) is 0 Å². The number of hydrogen-bond donors (Lipinski definition) is 1. The highest BCUT2D eigenvalue weighted by atomic mass is 16.1. The molecule has 0 saturated heterocycles. The number of Topliss-reactive ketones (excluding diaryl/α,β-unsaturated/α-hetero) is 2. The van der Waals surface area contributed by atoms with E-state index in [2.05, 4.69) is 19.2 Å². The number of carbonyl (C=O) groups excluding carboxylic acids is 2. The van der Waals surface area contributed by atoms with Crippen molar-refractivity contribution in [1.82, 2.24) is 5.32 Å². The fourth-order valence-electron chi connectivity index (χ4n) is 2.72. The van der Waals surface area contributed by atoms with Crippen LogP contribution in [0, 0.1) is 0 Å². The Bertz CT molecular complexity index is 261. The van der Waals surface area contributed by atoms with E-state index >= 15 is 0 Å². The monoisotopic (exact) mass is 325 g/mol. The van der Waals surface area contributed by atoms with E-state index in [1.165, 1.54) is 51.4 Å². The van der Waals surface area contributed by atoms with Crippen LogP contribution in [0.3, 0.4) is 0 Å². The molecule has 3 heteroatoms. The van der Waals surface area contributed by atoms with E-state index in [-0.39, 0.29) is 11.6 Å². The van der Waals surface area contributed by atoms with Gasteiger partial charge in [-0.1, -0.05) is 78.1 Å². The zero-order chi connectivity index (χ0) is 17.2. The molecule has 1 N–H and O–H groups in total. The van der Waals surface area contributed by atoms with Gasteiger partial charge in [-0.25, -0.2) is 0 Å². The van der Waals surface area contributed by atoms with E-state index in [9.17, 15) is 9.59 Å². The van der Waals surface area contributed by atoms with Gasteiger partial charge in [-0.2, -0.15) is 0 Å². The molecular weight excluding hydrogens is 286 g/mol. The SMILES string of the molecule is CCCCCCCCC(=O)CNCC(=O)CCCCCCCC. The molecule has 0 unspecified atom stereocenters. The van der Waals surface area contributed by atoms with Gasteiger partial charge in [-0.15, -0.1) is 0 Å². The first-order valence-corrected chi connectivity index (χ1v) is 9.94. The Labute approximate surface area is 144 Å². The number of carbonyl (C=O) groups is 2. The summed E-state index contributed by atoms with van der Waals surface area (Å²) in [4.78, 5) is 23.4. The molecule has 0 spiro atoms. The van der Waals surface area contributed by atoms with Crippen LogP contribution in [0.1, 0.15) is 104 Å². The van der Waals surface area contributed by atoms with Crippen molar-refractivity contribution in [3.05, 3.63) is 0 Å². The first-order valence-electron chi connectivity index (χ1n) is 9.94. The van der Waals surface area contributed by atoms with Gasteiger partial charge in [-0.05, 0) is 12.8 Å². The Morgan fingerprint density at radius 2 is 0.913 bits per heavy atom. The van der Waals surface area contributed by atoms with E-state index in [0.29, 0.717) is 25.9 Å². The summed E-state index contributed by atoms with van der Waals surface area (Å²) in [6, 6.07) is 0. The van der Waals surface area contributed by atoms with Crippen LogP contribution in [0.4, 0.5) is 0 Å². The topological polar surface area (TPSA) is 46.2 Å². The maximum absolute atomic E-state index is 11.7. The van der Waals surface area contributed by atoms with Crippen LogP contribution in [0.15, 0.2) is 0 Å². The lowest BCUT2D eigenvalue weighted by Gasteiger charge is -2.04. The van der Waals surface area contributed by atoms with Crippen LogP contribution in [-0.4, -0.2) is 24.7 Å². The maximum atomic E-state index is 11.7. The highest BCUT2D eigenvalue weighted by Gasteiger charge is 2.05. The molecule has 136 valence electrons. The van der Waals surface area contributed by atoms with Crippen LogP contribution in [0.25, 0.3) is 0 Å². The van der Waals surface area contributed by atoms with E-state index < -0.39 is 0 Å². The number of rotatable bonds is 18. The average molecular weight is 326 g/mol. The molecule has 0 aromatic carbocycles. The molecule has 0 aliphatic heterocycles. The molecule has 0 heterocycles. The summed E-state index contributed by atoms with van der Waals surface area (Å²) >= 11 is 0. The standard InChI is InChI=1S/C20H39NO2/c1-3-5-7-9-11-13-15-19(22)17-21-18-20(23)16-14-12-10-8-6-4-2/h21H,3-18H2,1-2H3. The molecular formula is C20H39NO2. The maximum Gasteiger partial charge on any atom is 0.146 e. The third-order valence-corrected chi connectivity index (χ3v) is 4.26. The fraction of sp³-hybridized carbons (Fsp3) is 0.900. The van der Waals surface area contributed by atoms with Crippen molar-refractivity contribution < 1.29 is 9.59 Å². The second-order valence-electron chi connectivity index (χ2n) is 6.72.